The summed E-state index contributed by atoms with van der Waals surface area (Å²) in [5.41, 5.74) is 3.70. The van der Waals surface area contributed by atoms with Gasteiger partial charge in [0.05, 0.1) is 31.1 Å². The Hall–Kier alpha value is -2.22. The van der Waals surface area contributed by atoms with Gasteiger partial charge in [-0.3, -0.25) is 4.79 Å². The Kier molecular flexibility index (Phi) is 6.95. The van der Waals surface area contributed by atoms with Gasteiger partial charge < -0.3 is 10.2 Å². The maximum Gasteiger partial charge on any atom is 0.278 e. The van der Waals surface area contributed by atoms with Crippen LogP contribution in [0.1, 0.15) is 29.2 Å². The van der Waals surface area contributed by atoms with Crippen molar-refractivity contribution in [3.63, 3.8) is 0 Å². The van der Waals surface area contributed by atoms with Crippen molar-refractivity contribution in [2.75, 3.05) is 26.2 Å². The number of piperazine rings is 1. The molecule has 1 heterocycles. The highest BCUT2D eigenvalue weighted by Gasteiger charge is 2.35. The SMILES string of the molecule is Cc1cc(C)c(S(=O)(=O)N2CC[NH+]([C@@H](C)C(=O)NCc3ccccc3)CC2)c(C)c1. The Morgan fingerprint density at radius 2 is 1.63 bits per heavy atom. The van der Waals surface area contributed by atoms with Crippen LogP contribution in [0.25, 0.3) is 0 Å². The molecule has 1 atom stereocenters. The minimum absolute atomic E-state index is 0.00427. The van der Waals surface area contributed by atoms with E-state index >= 15 is 0 Å². The second kappa shape index (κ2) is 9.29. The van der Waals surface area contributed by atoms with Gasteiger partial charge in [-0.2, -0.15) is 4.31 Å². The van der Waals surface area contributed by atoms with Crippen molar-refractivity contribution >= 4 is 15.9 Å². The number of rotatable bonds is 6. The maximum atomic E-state index is 13.2. The molecule has 2 aromatic carbocycles. The first-order valence-electron chi connectivity index (χ1n) is 10.4. The van der Waals surface area contributed by atoms with E-state index < -0.39 is 10.0 Å². The average molecular weight is 431 g/mol. The van der Waals surface area contributed by atoms with E-state index in [1.54, 1.807) is 4.31 Å². The molecule has 1 saturated heterocycles. The number of quaternary nitrogens is 1. The first-order chi connectivity index (χ1) is 14.2. The molecular weight excluding hydrogens is 398 g/mol. The lowest BCUT2D eigenvalue weighted by atomic mass is 10.1. The van der Waals surface area contributed by atoms with Gasteiger partial charge in [-0.15, -0.1) is 0 Å². The number of nitrogens with one attached hydrogen (secondary N) is 2. The third-order valence-electron chi connectivity index (χ3n) is 5.88. The molecule has 2 aromatic rings. The van der Waals surface area contributed by atoms with Crippen LogP contribution < -0.4 is 10.2 Å². The fourth-order valence-electron chi connectivity index (χ4n) is 4.27. The molecule has 0 aromatic heterocycles. The largest absolute Gasteiger partial charge is 0.347 e. The summed E-state index contributed by atoms with van der Waals surface area (Å²) in [5, 5.41) is 2.99. The van der Waals surface area contributed by atoms with Crippen LogP contribution in [-0.4, -0.2) is 50.9 Å². The lowest BCUT2D eigenvalue weighted by Crippen LogP contribution is -3.19. The number of sulfonamides is 1. The first kappa shape index (κ1) is 22.5. The van der Waals surface area contributed by atoms with Crippen LogP contribution in [0.15, 0.2) is 47.4 Å². The fraction of sp³-hybridized carbons (Fsp3) is 0.435. The summed E-state index contributed by atoms with van der Waals surface area (Å²) in [4.78, 5) is 14.1. The topological polar surface area (TPSA) is 70.9 Å². The van der Waals surface area contributed by atoms with E-state index in [2.05, 4.69) is 5.32 Å². The zero-order chi connectivity index (χ0) is 21.9. The number of carbonyl (C=O) groups excluding carboxylic acids is 1. The predicted octanol–water partition coefficient (Wildman–Crippen LogP) is 1.21. The van der Waals surface area contributed by atoms with E-state index in [1.165, 1.54) is 0 Å². The Balaban J connectivity index is 1.60. The highest BCUT2D eigenvalue weighted by Crippen LogP contribution is 2.25. The predicted molar refractivity (Wildman–Crippen MR) is 118 cm³/mol. The molecule has 0 radical (unpaired) electrons. The van der Waals surface area contributed by atoms with Crippen LogP contribution in [0, 0.1) is 20.8 Å². The third kappa shape index (κ3) is 4.91. The Bertz CT molecular complexity index is 975. The number of hydrogen-bond donors (Lipinski definition) is 2. The molecular formula is C23H32N3O3S+. The highest BCUT2D eigenvalue weighted by atomic mass is 32.2. The molecule has 0 spiro atoms. The first-order valence-corrected chi connectivity index (χ1v) is 11.9. The second-order valence-corrected chi connectivity index (χ2v) is 10.1. The summed E-state index contributed by atoms with van der Waals surface area (Å²) in [7, 11) is -3.54. The summed E-state index contributed by atoms with van der Waals surface area (Å²) in [5.74, 6) is -0.00427. The van der Waals surface area contributed by atoms with E-state index in [0.29, 0.717) is 37.6 Å². The molecule has 7 heteroatoms. The van der Waals surface area contributed by atoms with E-state index in [1.807, 2.05) is 70.2 Å². The molecule has 0 aliphatic carbocycles. The van der Waals surface area contributed by atoms with Crippen LogP contribution >= 0.6 is 0 Å². The summed E-state index contributed by atoms with van der Waals surface area (Å²) < 4.78 is 28.1. The molecule has 162 valence electrons. The zero-order valence-electron chi connectivity index (χ0n) is 18.2. The quantitative estimate of drug-likeness (QED) is 0.724. The standard InChI is InChI=1S/C23H31N3O3S/c1-17-14-18(2)22(19(3)15-17)30(28,29)26-12-10-25(11-13-26)20(4)23(27)24-16-21-8-6-5-7-9-21/h5-9,14-15,20H,10-13,16H2,1-4H3,(H,24,27)/p+1/t20-/m0/s1. The van der Waals surface area contributed by atoms with Crippen molar-refractivity contribution in [3.05, 3.63) is 64.7 Å². The number of amides is 1. The van der Waals surface area contributed by atoms with Crippen molar-refractivity contribution in [3.8, 4) is 0 Å². The van der Waals surface area contributed by atoms with Crippen molar-refractivity contribution in [2.24, 2.45) is 0 Å². The van der Waals surface area contributed by atoms with Gasteiger partial charge in [-0.05, 0) is 44.4 Å². The monoisotopic (exact) mass is 430 g/mol. The number of aryl methyl sites for hydroxylation is 3. The Morgan fingerprint density at radius 3 is 2.20 bits per heavy atom. The van der Waals surface area contributed by atoms with E-state index in [9.17, 15) is 13.2 Å². The van der Waals surface area contributed by atoms with Crippen molar-refractivity contribution in [2.45, 2.75) is 45.2 Å². The van der Waals surface area contributed by atoms with E-state index in [-0.39, 0.29) is 11.9 Å². The second-order valence-electron chi connectivity index (χ2n) is 8.22. The smallest absolute Gasteiger partial charge is 0.278 e. The average Bonchev–Trinajstić information content (AvgIpc) is 2.71. The van der Waals surface area contributed by atoms with Gasteiger partial charge in [0.25, 0.3) is 5.91 Å². The summed E-state index contributed by atoms with van der Waals surface area (Å²) in [6.45, 7) is 10.2. The normalized spacial score (nSPS) is 16.9. The van der Waals surface area contributed by atoms with Gasteiger partial charge in [0, 0.05) is 6.54 Å². The molecule has 0 saturated carbocycles. The number of benzene rings is 2. The molecule has 0 unspecified atom stereocenters. The molecule has 6 nitrogen and oxygen atoms in total. The highest BCUT2D eigenvalue weighted by molar-refractivity contribution is 7.89. The number of hydrogen-bond acceptors (Lipinski definition) is 3. The maximum absolute atomic E-state index is 13.2. The lowest BCUT2D eigenvalue weighted by Gasteiger charge is -2.34. The van der Waals surface area contributed by atoms with Gasteiger partial charge in [-0.1, -0.05) is 48.0 Å². The number of nitrogens with zero attached hydrogens (tertiary/aromatic N) is 1. The van der Waals surface area contributed by atoms with Crippen molar-refractivity contribution in [1.29, 1.82) is 0 Å². The minimum Gasteiger partial charge on any atom is -0.347 e. The summed E-state index contributed by atoms with van der Waals surface area (Å²) in [6.07, 6.45) is 0. The molecule has 3 rings (SSSR count). The third-order valence-corrected chi connectivity index (χ3v) is 8.09. The van der Waals surface area contributed by atoms with Crippen LogP contribution in [0.2, 0.25) is 0 Å². The molecule has 2 N–H and O–H groups in total. The van der Waals surface area contributed by atoms with Crippen LogP contribution in [0.5, 0.6) is 0 Å². The van der Waals surface area contributed by atoms with Crippen molar-refractivity contribution in [1.82, 2.24) is 9.62 Å². The fourth-order valence-corrected chi connectivity index (χ4v) is 6.13. The zero-order valence-corrected chi connectivity index (χ0v) is 19.1. The molecule has 30 heavy (non-hydrogen) atoms. The Labute approximate surface area is 179 Å². The lowest BCUT2D eigenvalue weighted by molar-refractivity contribution is -0.917. The van der Waals surface area contributed by atoms with Gasteiger partial charge in [0.15, 0.2) is 6.04 Å². The number of carbonyl (C=O) groups is 1. The molecule has 0 bridgehead atoms. The van der Waals surface area contributed by atoms with Crippen LogP contribution in [0.4, 0.5) is 0 Å². The van der Waals surface area contributed by atoms with Gasteiger partial charge in [0.2, 0.25) is 10.0 Å². The van der Waals surface area contributed by atoms with Crippen LogP contribution in [0.3, 0.4) is 0 Å². The van der Waals surface area contributed by atoms with E-state index in [4.69, 9.17) is 0 Å². The summed E-state index contributed by atoms with van der Waals surface area (Å²) >= 11 is 0. The summed E-state index contributed by atoms with van der Waals surface area (Å²) in [6, 6.07) is 13.4. The molecule has 1 aliphatic heterocycles. The van der Waals surface area contributed by atoms with Gasteiger partial charge in [-0.25, -0.2) is 8.42 Å². The Morgan fingerprint density at radius 1 is 1.07 bits per heavy atom. The minimum atomic E-state index is -3.54. The van der Waals surface area contributed by atoms with Gasteiger partial charge in [0.1, 0.15) is 0 Å². The van der Waals surface area contributed by atoms with Gasteiger partial charge >= 0.3 is 0 Å². The van der Waals surface area contributed by atoms with E-state index in [0.717, 1.165) is 27.2 Å². The molecule has 1 aliphatic rings. The molecule has 1 fully saturated rings. The molecule has 1 amide bonds. The van der Waals surface area contributed by atoms with Crippen molar-refractivity contribution < 1.29 is 18.1 Å². The van der Waals surface area contributed by atoms with Crippen LogP contribution in [-0.2, 0) is 21.4 Å².